The van der Waals surface area contributed by atoms with Gasteiger partial charge in [0.05, 0.1) is 11.2 Å². The van der Waals surface area contributed by atoms with E-state index in [0.29, 0.717) is 0 Å². The van der Waals surface area contributed by atoms with Gasteiger partial charge in [0.15, 0.2) is 0 Å². The molecule has 2 heterocycles. The zero-order valence-electron chi connectivity index (χ0n) is 9.38. The van der Waals surface area contributed by atoms with Crippen molar-refractivity contribution in [1.82, 2.24) is 10.3 Å². The van der Waals surface area contributed by atoms with Gasteiger partial charge in [0, 0.05) is 11.8 Å². The number of halogens is 6. The van der Waals surface area contributed by atoms with Crippen LogP contribution < -0.4 is 5.32 Å². The van der Waals surface area contributed by atoms with Crippen LogP contribution in [0.3, 0.4) is 0 Å². The number of hydrogen-bond acceptors (Lipinski definition) is 5. The standard InChI is InChI=1S/C9H6F6N2O2S/c10-8(11,12)7(9(13,14)15)17-5(6(18)19-7)1-4-2-20-3-16-4/h2-3,5,17H,1H2/t5-/m0/s1. The van der Waals surface area contributed by atoms with Crippen LogP contribution in [0, 0.1) is 0 Å². The highest BCUT2D eigenvalue weighted by Crippen LogP contribution is 2.46. The smallest absolute Gasteiger partial charge is 0.424 e. The van der Waals surface area contributed by atoms with Gasteiger partial charge in [-0.2, -0.15) is 26.3 Å². The maximum Gasteiger partial charge on any atom is 0.452 e. The van der Waals surface area contributed by atoms with Crippen molar-refractivity contribution >= 4 is 17.3 Å². The van der Waals surface area contributed by atoms with Gasteiger partial charge >= 0.3 is 24.0 Å². The van der Waals surface area contributed by atoms with E-state index in [4.69, 9.17) is 0 Å². The highest BCUT2D eigenvalue weighted by atomic mass is 32.1. The molecule has 1 N–H and O–H groups in total. The monoisotopic (exact) mass is 320 g/mol. The molecular formula is C9H6F6N2O2S. The Labute approximate surface area is 111 Å². The fourth-order valence-corrected chi connectivity index (χ4v) is 2.25. The van der Waals surface area contributed by atoms with Gasteiger partial charge in [-0.1, -0.05) is 0 Å². The van der Waals surface area contributed by atoms with E-state index in [9.17, 15) is 31.1 Å². The van der Waals surface area contributed by atoms with Crippen molar-refractivity contribution in [3.63, 3.8) is 0 Å². The summed E-state index contributed by atoms with van der Waals surface area (Å²) in [5.41, 5.74) is -3.13. The molecule has 112 valence electrons. The van der Waals surface area contributed by atoms with Crippen LogP contribution >= 0.6 is 11.3 Å². The number of nitrogens with one attached hydrogen (secondary N) is 1. The maximum atomic E-state index is 12.7. The molecule has 1 atom stereocenters. The average Bonchev–Trinajstić information content (AvgIpc) is 2.86. The third kappa shape index (κ3) is 2.35. The number of cyclic esters (lactones) is 1. The van der Waals surface area contributed by atoms with Crippen LogP contribution in [0.5, 0.6) is 0 Å². The minimum atomic E-state index is -5.82. The number of carbonyl (C=O) groups excluding carboxylic acids is 1. The van der Waals surface area contributed by atoms with Crippen molar-refractivity contribution in [3.8, 4) is 0 Å². The van der Waals surface area contributed by atoms with E-state index in [1.54, 1.807) is 0 Å². The summed E-state index contributed by atoms with van der Waals surface area (Å²) in [7, 11) is 0. The van der Waals surface area contributed by atoms with E-state index in [1.165, 1.54) is 16.2 Å². The molecule has 0 saturated carbocycles. The first-order valence-electron chi connectivity index (χ1n) is 5.08. The summed E-state index contributed by atoms with van der Waals surface area (Å²) in [6.45, 7) is 0. The Morgan fingerprint density at radius 1 is 1.30 bits per heavy atom. The van der Waals surface area contributed by atoms with Gasteiger partial charge < -0.3 is 4.74 Å². The first kappa shape index (κ1) is 15.0. The minimum absolute atomic E-state index is 0.199. The topological polar surface area (TPSA) is 51.2 Å². The van der Waals surface area contributed by atoms with Gasteiger partial charge in [0.25, 0.3) is 0 Å². The molecule has 0 aliphatic carbocycles. The summed E-state index contributed by atoms with van der Waals surface area (Å²) in [4.78, 5) is 15.0. The van der Waals surface area contributed by atoms with E-state index < -0.39 is 36.5 Å². The predicted molar refractivity (Wildman–Crippen MR) is 53.7 cm³/mol. The molecule has 4 nitrogen and oxygen atoms in total. The molecule has 11 heteroatoms. The van der Waals surface area contributed by atoms with E-state index in [0.717, 1.165) is 11.3 Å². The molecule has 0 spiro atoms. The fourth-order valence-electron chi connectivity index (χ4n) is 1.68. The van der Waals surface area contributed by atoms with Crippen molar-refractivity contribution < 1.29 is 35.9 Å². The van der Waals surface area contributed by atoms with Gasteiger partial charge in [-0.05, 0) is 0 Å². The third-order valence-corrected chi connectivity index (χ3v) is 3.25. The first-order chi connectivity index (χ1) is 9.07. The molecular weight excluding hydrogens is 314 g/mol. The van der Waals surface area contributed by atoms with Crippen molar-refractivity contribution in [2.45, 2.75) is 30.5 Å². The Kier molecular flexibility index (Phi) is 3.45. The Hall–Kier alpha value is -1.36. The number of carbonyl (C=O) groups is 1. The third-order valence-electron chi connectivity index (χ3n) is 2.61. The van der Waals surface area contributed by atoms with E-state index in [1.807, 2.05) is 0 Å². The molecule has 1 aromatic heterocycles. The average molecular weight is 320 g/mol. The Bertz CT molecular complexity index is 484. The molecule has 0 bridgehead atoms. The second-order valence-electron chi connectivity index (χ2n) is 3.98. The largest absolute Gasteiger partial charge is 0.452 e. The van der Waals surface area contributed by atoms with Gasteiger partial charge in [-0.25, -0.2) is 4.98 Å². The number of ether oxygens (including phenoxy) is 1. The quantitative estimate of drug-likeness (QED) is 0.669. The van der Waals surface area contributed by atoms with E-state index in [-0.39, 0.29) is 5.69 Å². The van der Waals surface area contributed by atoms with E-state index in [2.05, 4.69) is 9.72 Å². The molecule has 1 fully saturated rings. The SMILES string of the molecule is O=C1OC(C(F)(F)F)(C(F)(F)F)N[C@H]1Cc1cscn1. The summed E-state index contributed by atoms with van der Waals surface area (Å²) in [5.74, 6) is -1.62. The first-order valence-corrected chi connectivity index (χ1v) is 6.02. The summed E-state index contributed by atoms with van der Waals surface area (Å²) in [6, 6.07) is -1.76. The lowest BCUT2D eigenvalue weighted by molar-refractivity contribution is -0.369. The van der Waals surface area contributed by atoms with Crippen molar-refractivity contribution in [2.24, 2.45) is 0 Å². The molecule has 0 unspecified atom stereocenters. The van der Waals surface area contributed by atoms with Gasteiger partial charge in [0.1, 0.15) is 6.04 Å². The number of aromatic nitrogens is 1. The number of hydrogen-bond donors (Lipinski definition) is 1. The second-order valence-corrected chi connectivity index (χ2v) is 4.70. The summed E-state index contributed by atoms with van der Waals surface area (Å²) < 4.78 is 79.6. The lowest BCUT2D eigenvalue weighted by atomic mass is 10.1. The van der Waals surface area contributed by atoms with Crippen LogP contribution in [0.2, 0.25) is 0 Å². The molecule has 1 aromatic rings. The van der Waals surface area contributed by atoms with Crippen molar-refractivity contribution in [3.05, 3.63) is 16.6 Å². The van der Waals surface area contributed by atoms with Crippen LogP contribution in [0.25, 0.3) is 0 Å². The number of rotatable bonds is 2. The fraction of sp³-hybridized carbons (Fsp3) is 0.556. The second kappa shape index (κ2) is 4.58. The van der Waals surface area contributed by atoms with Gasteiger partial charge in [0.2, 0.25) is 0 Å². The minimum Gasteiger partial charge on any atom is -0.424 e. The maximum absolute atomic E-state index is 12.7. The van der Waals surface area contributed by atoms with Crippen molar-refractivity contribution in [1.29, 1.82) is 0 Å². The lowest BCUT2D eigenvalue weighted by Crippen LogP contribution is -2.65. The van der Waals surface area contributed by atoms with Crippen LogP contribution in [0.1, 0.15) is 5.69 Å². The highest BCUT2D eigenvalue weighted by Gasteiger charge is 2.78. The molecule has 1 saturated heterocycles. The highest BCUT2D eigenvalue weighted by molar-refractivity contribution is 7.07. The van der Waals surface area contributed by atoms with Gasteiger partial charge in [-0.15, -0.1) is 11.3 Å². The number of thiazole rings is 1. The summed E-state index contributed by atoms with van der Waals surface area (Å²) in [5, 5.41) is 2.63. The molecule has 0 aromatic carbocycles. The molecule has 2 rings (SSSR count). The van der Waals surface area contributed by atoms with Crippen LogP contribution in [0.4, 0.5) is 26.3 Å². The number of alkyl halides is 6. The normalized spacial score (nSPS) is 22.9. The Balaban J connectivity index is 2.28. The Morgan fingerprint density at radius 2 is 1.90 bits per heavy atom. The molecule has 1 aliphatic rings. The lowest BCUT2D eigenvalue weighted by Gasteiger charge is -2.31. The molecule has 1 aliphatic heterocycles. The molecule has 0 amide bonds. The number of nitrogens with zero attached hydrogens (tertiary/aromatic N) is 1. The molecule has 20 heavy (non-hydrogen) atoms. The summed E-state index contributed by atoms with van der Waals surface area (Å²) >= 11 is 1.10. The van der Waals surface area contributed by atoms with Crippen LogP contribution in [0.15, 0.2) is 10.9 Å². The Morgan fingerprint density at radius 3 is 2.30 bits per heavy atom. The van der Waals surface area contributed by atoms with Crippen molar-refractivity contribution in [2.75, 3.05) is 0 Å². The molecule has 0 radical (unpaired) electrons. The zero-order chi connectivity index (χ0) is 15.2. The van der Waals surface area contributed by atoms with Gasteiger partial charge in [-0.3, -0.25) is 10.1 Å². The zero-order valence-corrected chi connectivity index (χ0v) is 10.2. The van der Waals surface area contributed by atoms with Crippen LogP contribution in [-0.4, -0.2) is 35.1 Å². The van der Waals surface area contributed by atoms with Crippen LogP contribution in [-0.2, 0) is 16.0 Å². The van der Waals surface area contributed by atoms with E-state index >= 15 is 0 Å². The predicted octanol–water partition coefficient (Wildman–Crippen LogP) is 2.02. The summed E-state index contributed by atoms with van der Waals surface area (Å²) in [6.07, 6.45) is -12.1. The number of esters is 1.